The Labute approximate surface area is 168 Å². The van der Waals surface area contributed by atoms with Crippen LogP contribution in [-0.4, -0.2) is 31.8 Å². The van der Waals surface area contributed by atoms with Crippen LogP contribution in [0.2, 0.25) is 0 Å². The quantitative estimate of drug-likeness (QED) is 0.594. The zero-order valence-corrected chi connectivity index (χ0v) is 17.8. The number of hydrogen-bond donors (Lipinski definition) is 1. The number of pyridine rings is 1. The number of anilines is 1. The fourth-order valence-electron chi connectivity index (χ4n) is 3.75. The van der Waals surface area contributed by atoms with E-state index in [-0.39, 0.29) is 11.2 Å². The Bertz CT molecular complexity index is 979. The summed E-state index contributed by atoms with van der Waals surface area (Å²) in [5, 5.41) is 0. The van der Waals surface area contributed by atoms with Crippen LogP contribution in [0.5, 0.6) is 0 Å². The largest absolute Gasteiger partial charge is 0.371 e. The highest BCUT2D eigenvalue weighted by molar-refractivity contribution is 7.85. The molecule has 28 heavy (non-hydrogen) atoms. The second kappa shape index (κ2) is 7.68. The SMILES string of the molecule is CC1N(C)c2ccc(/C=C/c3cc[n+](CCCS(=O)(=O)O)cc3)cc2C1(C)C. The first kappa shape index (κ1) is 20.6. The second-order valence-corrected chi connectivity index (χ2v) is 9.70. The van der Waals surface area contributed by atoms with Crippen LogP contribution in [0.15, 0.2) is 42.7 Å². The predicted octanol–water partition coefficient (Wildman–Crippen LogP) is 3.54. The van der Waals surface area contributed by atoms with Crippen molar-refractivity contribution in [2.75, 3.05) is 17.7 Å². The van der Waals surface area contributed by atoms with Crippen LogP contribution < -0.4 is 9.47 Å². The highest BCUT2D eigenvalue weighted by Gasteiger charge is 2.39. The highest BCUT2D eigenvalue weighted by Crippen LogP contribution is 2.44. The molecule has 1 N–H and O–H groups in total. The summed E-state index contributed by atoms with van der Waals surface area (Å²) in [4.78, 5) is 2.35. The van der Waals surface area contributed by atoms with Crippen molar-refractivity contribution in [3.05, 3.63) is 59.4 Å². The molecule has 0 radical (unpaired) electrons. The molecule has 0 fully saturated rings. The Hall–Kier alpha value is -2.18. The molecule has 0 bridgehead atoms. The number of aromatic nitrogens is 1. The van der Waals surface area contributed by atoms with E-state index < -0.39 is 10.1 Å². The average Bonchev–Trinajstić information content (AvgIpc) is 2.80. The molecule has 0 saturated carbocycles. The van der Waals surface area contributed by atoms with E-state index in [9.17, 15) is 8.42 Å². The monoisotopic (exact) mass is 401 g/mol. The van der Waals surface area contributed by atoms with Gasteiger partial charge in [-0.1, -0.05) is 32.1 Å². The van der Waals surface area contributed by atoms with Crippen LogP contribution in [0.4, 0.5) is 5.69 Å². The van der Waals surface area contributed by atoms with Crippen molar-refractivity contribution in [2.24, 2.45) is 0 Å². The number of fused-ring (bicyclic) bond motifs is 1. The van der Waals surface area contributed by atoms with E-state index in [4.69, 9.17) is 4.55 Å². The molecule has 150 valence electrons. The van der Waals surface area contributed by atoms with Crippen molar-refractivity contribution in [1.29, 1.82) is 0 Å². The Morgan fingerprint density at radius 3 is 2.43 bits per heavy atom. The zero-order valence-electron chi connectivity index (χ0n) is 17.0. The third kappa shape index (κ3) is 4.45. The van der Waals surface area contributed by atoms with Crippen LogP contribution in [0.1, 0.15) is 43.9 Å². The molecule has 6 heteroatoms. The smallest absolute Gasteiger partial charge is 0.265 e. The van der Waals surface area contributed by atoms with Gasteiger partial charge in [-0.3, -0.25) is 4.55 Å². The van der Waals surface area contributed by atoms with E-state index in [1.807, 2.05) is 29.1 Å². The van der Waals surface area contributed by atoms with Gasteiger partial charge in [0.25, 0.3) is 10.1 Å². The van der Waals surface area contributed by atoms with Crippen molar-refractivity contribution < 1.29 is 17.5 Å². The van der Waals surface area contributed by atoms with E-state index in [1.165, 1.54) is 16.8 Å². The Balaban J connectivity index is 1.69. The first-order chi connectivity index (χ1) is 13.1. The fraction of sp³-hybridized carbons (Fsp3) is 0.409. The molecule has 0 spiro atoms. The number of aryl methyl sites for hydroxylation is 1. The molecule has 1 aromatic carbocycles. The Morgan fingerprint density at radius 2 is 1.79 bits per heavy atom. The predicted molar refractivity (Wildman–Crippen MR) is 114 cm³/mol. The number of nitrogens with zero attached hydrogens (tertiary/aromatic N) is 2. The van der Waals surface area contributed by atoms with Crippen LogP contribution in [-0.2, 0) is 22.1 Å². The van der Waals surface area contributed by atoms with E-state index in [0.717, 1.165) is 5.56 Å². The van der Waals surface area contributed by atoms with Gasteiger partial charge < -0.3 is 4.90 Å². The normalized spacial score (nSPS) is 18.6. The van der Waals surface area contributed by atoms with Gasteiger partial charge in [0.05, 0.1) is 5.75 Å². The molecule has 0 amide bonds. The minimum atomic E-state index is -3.89. The first-order valence-corrected chi connectivity index (χ1v) is 11.2. The molecule has 1 unspecified atom stereocenters. The molecule has 2 aromatic rings. The minimum Gasteiger partial charge on any atom is -0.371 e. The van der Waals surface area contributed by atoms with E-state index in [0.29, 0.717) is 19.0 Å². The lowest BCUT2D eigenvalue weighted by atomic mass is 9.81. The number of likely N-dealkylation sites (N-methyl/N-ethyl adjacent to an activating group) is 1. The molecule has 1 aliphatic heterocycles. The minimum absolute atomic E-state index is 0.119. The van der Waals surface area contributed by atoms with E-state index >= 15 is 0 Å². The summed E-state index contributed by atoms with van der Waals surface area (Å²) in [5.41, 5.74) is 5.07. The van der Waals surface area contributed by atoms with Crippen LogP contribution >= 0.6 is 0 Å². The Morgan fingerprint density at radius 1 is 1.14 bits per heavy atom. The van der Waals surface area contributed by atoms with Crippen molar-refractivity contribution in [3.8, 4) is 0 Å². The molecule has 0 saturated heterocycles. The second-order valence-electron chi connectivity index (χ2n) is 8.13. The Kier molecular flexibility index (Phi) is 5.64. The van der Waals surface area contributed by atoms with Gasteiger partial charge in [-0.05, 0) is 35.7 Å². The summed E-state index contributed by atoms with van der Waals surface area (Å²) >= 11 is 0. The summed E-state index contributed by atoms with van der Waals surface area (Å²) in [6.07, 6.45) is 8.44. The first-order valence-electron chi connectivity index (χ1n) is 9.57. The van der Waals surface area contributed by atoms with E-state index in [1.54, 1.807) is 0 Å². The van der Waals surface area contributed by atoms with Crippen LogP contribution in [0.25, 0.3) is 12.2 Å². The fourth-order valence-corrected chi connectivity index (χ4v) is 4.24. The lowest BCUT2D eigenvalue weighted by Crippen LogP contribution is -2.36. The van der Waals surface area contributed by atoms with Gasteiger partial charge in [-0.2, -0.15) is 8.42 Å². The van der Waals surface area contributed by atoms with Crippen molar-refractivity contribution in [2.45, 2.75) is 45.2 Å². The third-order valence-corrected chi connectivity index (χ3v) is 6.73. The summed E-state index contributed by atoms with van der Waals surface area (Å²) in [7, 11) is -1.73. The molecule has 1 atom stereocenters. The summed E-state index contributed by atoms with van der Waals surface area (Å²) in [6, 6.07) is 11.1. The summed E-state index contributed by atoms with van der Waals surface area (Å²) in [6.45, 7) is 7.41. The van der Waals surface area contributed by atoms with Crippen LogP contribution in [0.3, 0.4) is 0 Å². The molecule has 5 nitrogen and oxygen atoms in total. The van der Waals surface area contributed by atoms with Gasteiger partial charge in [0.1, 0.15) is 6.54 Å². The topological polar surface area (TPSA) is 61.5 Å². The highest BCUT2D eigenvalue weighted by atomic mass is 32.2. The molecule has 1 aromatic heterocycles. The van der Waals surface area contributed by atoms with Crippen molar-refractivity contribution >= 4 is 28.0 Å². The van der Waals surface area contributed by atoms with Gasteiger partial charge in [0.2, 0.25) is 0 Å². The van der Waals surface area contributed by atoms with E-state index in [2.05, 4.69) is 63.1 Å². The molecule has 3 rings (SSSR count). The molecule has 0 aliphatic carbocycles. The molecular weight excluding hydrogens is 372 g/mol. The van der Waals surface area contributed by atoms with Crippen molar-refractivity contribution in [1.82, 2.24) is 0 Å². The maximum Gasteiger partial charge on any atom is 0.265 e. The van der Waals surface area contributed by atoms with Gasteiger partial charge in [-0.15, -0.1) is 0 Å². The number of hydrogen-bond acceptors (Lipinski definition) is 3. The maximum atomic E-state index is 10.8. The molecule has 2 heterocycles. The summed E-state index contributed by atoms with van der Waals surface area (Å²) in [5.74, 6) is -0.218. The lowest BCUT2D eigenvalue weighted by molar-refractivity contribution is -0.696. The maximum absolute atomic E-state index is 10.8. The van der Waals surface area contributed by atoms with Gasteiger partial charge in [0, 0.05) is 42.7 Å². The van der Waals surface area contributed by atoms with Gasteiger partial charge >= 0.3 is 0 Å². The summed E-state index contributed by atoms with van der Waals surface area (Å²) < 4.78 is 32.3. The zero-order chi connectivity index (χ0) is 20.5. The van der Waals surface area contributed by atoms with Crippen LogP contribution in [0, 0.1) is 0 Å². The standard InChI is InChI=1S/C22H28N2O3S/c1-17-22(2,3)20-16-19(8-9-21(20)23(17)4)7-6-18-10-13-24(14-11-18)12-5-15-28(25,26)27/h6-11,13-14,16-17H,5,12,15H2,1-4H3/p+1. The van der Waals surface area contributed by atoms with Gasteiger partial charge in [0.15, 0.2) is 12.4 Å². The number of rotatable bonds is 6. The third-order valence-electron chi connectivity index (χ3n) is 5.92. The van der Waals surface area contributed by atoms with Crippen molar-refractivity contribution in [3.63, 3.8) is 0 Å². The molecule has 1 aliphatic rings. The number of benzene rings is 1. The van der Waals surface area contributed by atoms with Gasteiger partial charge in [-0.25, -0.2) is 4.57 Å². The average molecular weight is 402 g/mol. The molecular formula is C22H29N2O3S+. The lowest BCUT2D eigenvalue weighted by Gasteiger charge is -2.28.